The third kappa shape index (κ3) is 6.88. The van der Waals surface area contributed by atoms with Crippen molar-refractivity contribution < 1.29 is 14.3 Å². The Bertz CT molecular complexity index is 470. The van der Waals surface area contributed by atoms with Gasteiger partial charge in [-0.2, -0.15) is 0 Å². The van der Waals surface area contributed by atoms with E-state index in [2.05, 4.69) is 15.5 Å². The minimum absolute atomic E-state index is 0.000710. The molecule has 0 radical (unpaired) electrons. The first-order valence-electron chi connectivity index (χ1n) is 8.21. The van der Waals surface area contributed by atoms with Crippen molar-refractivity contribution in [3.8, 4) is 5.75 Å². The predicted octanol–water partition coefficient (Wildman–Crippen LogP) is 1.33. The molecule has 128 valence electrons. The van der Waals surface area contributed by atoms with Gasteiger partial charge < -0.3 is 20.1 Å². The summed E-state index contributed by atoms with van der Waals surface area (Å²) in [6, 6.07) is 7.63. The first-order valence-corrected chi connectivity index (χ1v) is 8.21. The lowest BCUT2D eigenvalue weighted by Gasteiger charge is -2.26. The number of ether oxygens (including phenoxy) is 2. The lowest BCUT2D eigenvalue weighted by molar-refractivity contribution is -0.119. The van der Waals surface area contributed by atoms with Crippen LogP contribution in [0.1, 0.15) is 13.8 Å². The molecule has 0 unspecified atom stereocenters. The number of hydrogen-bond acceptors (Lipinski definition) is 5. The molecule has 1 aliphatic rings. The number of hydrogen-bond donors (Lipinski definition) is 2. The Hall–Kier alpha value is -1.79. The number of nitrogens with one attached hydrogen (secondary N) is 2. The van der Waals surface area contributed by atoms with Crippen molar-refractivity contribution in [3.63, 3.8) is 0 Å². The van der Waals surface area contributed by atoms with E-state index in [-0.39, 0.29) is 18.6 Å². The van der Waals surface area contributed by atoms with Crippen molar-refractivity contribution in [1.29, 1.82) is 0 Å². The Kier molecular flexibility index (Phi) is 7.16. The molecule has 0 bridgehead atoms. The highest BCUT2D eigenvalue weighted by atomic mass is 16.5. The number of carbonyl (C=O) groups excluding carboxylic acids is 1. The highest BCUT2D eigenvalue weighted by molar-refractivity contribution is 5.80. The van der Waals surface area contributed by atoms with E-state index in [1.807, 2.05) is 38.1 Å². The summed E-state index contributed by atoms with van der Waals surface area (Å²) in [5.74, 6) is 0.835. The second-order valence-corrected chi connectivity index (χ2v) is 5.85. The number of benzene rings is 1. The number of rotatable bonds is 8. The van der Waals surface area contributed by atoms with Crippen LogP contribution >= 0.6 is 0 Å². The van der Waals surface area contributed by atoms with E-state index >= 15 is 0 Å². The van der Waals surface area contributed by atoms with E-state index in [1.165, 1.54) is 0 Å². The Morgan fingerprint density at radius 1 is 1.26 bits per heavy atom. The van der Waals surface area contributed by atoms with Gasteiger partial charge >= 0.3 is 0 Å². The fourth-order valence-electron chi connectivity index (χ4n) is 2.35. The molecule has 0 aliphatic carbocycles. The molecular formula is C17H27N3O3. The van der Waals surface area contributed by atoms with Crippen molar-refractivity contribution in [2.24, 2.45) is 0 Å². The molecule has 1 amide bonds. The minimum Gasteiger partial charge on any atom is -0.491 e. The van der Waals surface area contributed by atoms with Gasteiger partial charge in [-0.3, -0.25) is 9.69 Å². The molecule has 1 heterocycles. The van der Waals surface area contributed by atoms with Crippen LogP contribution in [0.4, 0.5) is 5.69 Å². The van der Waals surface area contributed by atoms with Crippen LogP contribution in [0.2, 0.25) is 0 Å². The Balaban J connectivity index is 1.61. The fraction of sp³-hybridized carbons (Fsp3) is 0.588. The van der Waals surface area contributed by atoms with E-state index in [0.717, 1.165) is 44.3 Å². The Morgan fingerprint density at radius 3 is 2.61 bits per heavy atom. The minimum atomic E-state index is 0.000710. The van der Waals surface area contributed by atoms with E-state index < -0.39 is 0 Å². The maximum atomic E-state index is 11.8. The second-order valence-electron chi connectivity index (χ2n) is 5.85. The number of carbonyl (C=O) groups is 1. The molecule has 6 nitrogen and oxygen atoms in total. The molecule has 1 aliphatic heterocycles. The number of morpholine rings is 1. The molecule has 0 saturated carbocycles. The number of nitrogens with zero attached hydrogens (tertiary/aromatic N) is 1. The summed E-state index contributed by atoms with van der Waals surface area (Å²) in [5, 5.41) is 6.04. The third-order valence-electron chi connectivity index (χ3n) is 3.53. The van der Waals surface area contributed by atoms with Crippen LogP contribution in [0.25, 0.3) is 0 Å². The molecule has 1 saturated heterocycles. The Labute approximate surface area is 138 Å². The highest BCUT2D eigenvalue weighted by Gasteiger charge is 2.10. The monoisotopic (exact) mass is 321 g/mol. The molecule has 2 rings (SSSR count). The van der Waals surface area contributed by atoms with Crippen molar-refractivity contribution >= 4 is 11.6 Å². The average molecular weight is 321 g/mol. The van der Waals surface area contributed by atoms with Gasteiger partial charge in [0, 0.05) is 31.9 Å². The zero-order chi connectivity index (χ0) is 16.5. The van der Waals surface area contributed by atoms with Crippen LogP contribution in [0.3, 0.4) is 0 Å². The van der Waals surface area contributed by atoms with E-state index in [0.29, 0.717) is 6.54 Å². The van der Waals surface area contributed by atoms with Crippen LogP contribution in [0, 0.1) is 0 Å². The molecule has 6 heteroatoms. The van der Waals surface area contributed by atoms with Gasteiger partial charge in [0.05, 0.1) is 25.9 Å². The first-order chi connectivity index (χ1) is 11.1. The summed E-state index contributed by atoms with van der Waals surface area (Å²) in [6.45, 7) is 9.25. The Morgan fingerprint density at radius 2 is 1.96 bits per heavy atom. The second kappa shape index (κ2) is 9.37. The van der Waals surface area contributed by atoms with Gasteiger partial charge in [-0.1, -0.05) is 0 Å². The van der Waals surface area contributed by atoms with Gasteiger partial charge in [-0.05, 0) is 38.1 Å². The molecule has 0 aromatic heterocycles. The quantitative estimate of drug-likeness (QED) is 0.756. The van der Waals surface area contributed by atoms with Crippen molar-refractivity contribution in [2.45, 2.75) is 20.0 Å². The summed E-state index contributed by atoms with van der Waals surface area (Å²) in [7, 11) is 0. The van der Waals surface area contributed by atoms with Gasteiger partial charge in [-0.25, -0.2) is 0 Å². The lowest BCUT2D eigenvalue weighted by atomic mass is 10.3. The summed E-state index contributed by atoms with van der Waals surface area (Å²) in [5.41, 5.74) is 0.907. The average Bonchev–Trinajstić information content (AvgIpc) is 2.55. The summed E-state index contributed by atoms with van der Waals surface area (Å²) in [4.78, 5) is 14.1. The standard InChI is InChI=1S/C17H27N3O3/c1-14(2)23-16-5-3-15(4-6-16)19-13-17(21)18-7-8-20-9-11-22-12-10-20/h3-6,14,19H,7-13H2,1-2H3,(H,18,21). The van der Waals surface area contributed by atoms with Crippen molar-refractivity contribution in [1.82, 2.24) is 10.2 Å². The molecule has 1 fully saturated rings. The van der Waals surface area contributed by atoms with Crippen LogP contribution in [-0.4, -0.2) is 62.8 Å². The van der Waals surface area contributed by atoms with E-state index in [1.54, 1.807) is 0 Å². The maximum absolute atomic E-state index is 11.8. The zero-order valence-electron chi connectivity index (χ0n) is 14.0. The smallest absolute Gasteiger partial charge is 0.239 e. The van der Waals surface area contributed by atoms with Gasteiger partial charge in [0.1, 0.15) is 5.75 Å². The molecule has 0 atom stereocenters. The third-order valence-corrected chi connectivity index (χ3v) is 3.53. The number of amides is 1. The van der Waals surface area contributed by atoms with Crippen LogP contribution in [-0.2, 0) is 9.53 Å². The fourth-order valence-corrected chi connectivity index (χ4v) is 2.35. The topological polar surface area (TPSA) is 62.8 Å². The first kappa shape index (κ1) is 17.6. The van der Waals surface area contributed by atoms with E-state index in [4.69, 9.17) is 9.47 Å². The van der Waals surface area contributed by atoms with Gasteiger partial charge in [-0.15, -0.1) is 0 Å². The SMILES string of the molecule is CC(C)Oc1ccc(NCC(=O)NCCN2CCOCC2)cc1. The number of anilines is 1. The maximum Gasteiger partial charge on any atom is 0.239 e. The largest absolute Gasteiger partial charge is 0.491 e. The summed E-state index contributed by atoms with van der Waals surface area (Å²) >= 11 is 0. The van der Waals surface area contributed by atoms with Crippen molar-refractivity contribution in [3.05, 3.63) is 24.3 Å². The zero-order valence-corrected chi connectivity index (χ0v) is 14.0. The normalized spacial score (nSPS) is 15.4. The predicted molar refractivity (Wildman–Crippen MR) is 91.0 cm³/mol. The lowest BCUT2D eigenvalue weighted by Crippen LogP contribution is -2.42. The summed E-state index contributed by atoms with van der Waals surface area (Å²) in [6.07, 6.45) is 0.158. The molecule has 2 N–H and O–H groups in total. The molecule has 23 heavy (non-hydrogen) atoms. The highest BCUT2D eigenvalue weighted by Crippen LogP contribution is 2.16. The van der Waals surface area contributed by atoms with Crippen LogP contribution < -0.4 is 15.4 Å². The molecule has 1 aromatic carbocycles. The molecular weight excluding hydrogens is 294 g/mol. The van der Waals surface area contributed by atoms with Gasteiger partial charge in [0.15, 0.2) is 0 Å². The molecule has 0 spiro atoms. The molecule has 1 aromatic rings. The van der Waals surface area contributed by atoms with Gasteiger partial charge in [0.2, 0.25) is 5.91 Å². The van der Waals surface area contributed by atoms with Crippen LogP contribution in [0.5, 0.6) is 5.75 Å². The van der Waals surface area contributed by atoms with Crippen LogP contribution in [0.15, 0.2) is 24.3 Å². The van der Waals surface area contributed by atoms with Crippen molar-refractivity contribution in [2.75, 3.05) is 51.3 Å². The van der Waals surface area contributed by atoms with Gasteiger partial charge in [0.25, 0.3) is 0 Å². The summed E-state index contributed by atoms with van der Waals surface area (Å²) < 4.78 is 10.9. The van der Waals surface area contributed by atoms with E-state index in [9.17, 15) is 4.79 Å².